The predicted molar refractivity (Wildman–Crippen MR) is 154 cm³/mol. The van der Waals surface area contributed by atoms with Gasteiger partial charge in [0.15, 0.2) is 17.3 Å². The minimum Gasteiger partial charge on any atom is -0.395 e. The first-order valence-electron chi connectivity index (χ1n) is 13.0. The zero-order valence-corrected chi connectivity index (χ0v) is 22.3. The van der Waals surface area contributed by atoms with E-state index in [1.54, 1.807) is 29.2 Å². The summed E-state index contributed by atoms with van der Waals surface area (Å²) in [5.41, 5.74) is 0.169. The van der Waals surface area contributed by atoms with E-state index in [9.17, 15) is 14.9 Å². The minimum atomic E-state index is -1.11. The lowest BCUT2D eigenvalue weighted by atomic mass is 10.2. The first-order valence-corrected chi connectivity index (χ1v) is 13.0. The van der Waals surface area contributed by atoms with E-state index in [0.717, 1.165) is 6.08 Å². The second-order valence-corrected chi connectivity index (χ2v) is 9.47. The van der Waals surface area contributed by atoms with Crippen LogP contribution in [0, 0.1) is 23.0 Å². The number of aliphatic hydroxyl groups excluding tert-OH is 1. The van der Waals surface area contributed by atoms with Gasteiger partial charge >= 0.3 is 0 Å². The number of aromatic nitrogens is 3. The molecule has 2 aromatic heterocycles. The fourth-order valence-electron chi connectivity index (χ4n) is 4.73. The molecule has 5 rings (SSSR count). The van der Waals surface area contributed by atoms with Gasteiger partial charge in [-0.3, -0.25) is 19.1 Å². The van der Waals surface area contributed by atoms with Crippen molar-refractivity contribution in [3.63, 3.8) is 0 Å². The third kappa shape index (κ3) is 5.67. The molecular formula is C29H26F2N8O3. The molecule has 0 aliphatic carbocycles. The molecule has 3 heterocycles. The molecule has 2 aromatic carbocycles. The highest BCUT2D eigenvalue weighted by Gasteiger charge is 2.23. The first kappa shape index (κ1) is 28.3. The molecule has 11 nitrogen and oxygen atoms in total. The maximum atomic E-state index is 15.2. The van der Waals surface area contributed by atoms with Crippen LogP contribution < -0.4 is 21.0 Å². The number of benzene rings is 2. The number of piperazine rings is 1. The zero-order valence-electron chi connectivity index (χ0n) is 22.3. The monoisotopic (exact) mass is 572 g/mol. The van der Waals surface area contributed by atoms with Crippen molar-refractivity contribution in [3.05, 3.63) is 88.9 Å². The lowest BCUT2D eigenvalue weighted by Crippen LogP contribution is -2.47. The number of hydrogen-bond acceptors (Lipinski definition) is 9. The highest BCUT2D eigenvalue weighted by atomic mass is 19.2. The number of carbonyl (C=O) groups excluding carboxylic acids is 1. The summed E-state index contributed by atoms with van der Waals surface area (Å²) in [6.07, 6.45) is 3.64. The summed E-state index contributed by atoms with van der Waals surface area (Å²) in [4.78, 5) is 37.0. The van der Waals surface area contributed by atoms with Gasteiger partial charge in [0.25, 0.3) is 0 Å². The van der Waals surface area contributed by atoms with Crippen LogP contribution in [0.1, 0.15) is 5.56 Å². The SMILES string of the molecule is C=CC(=O)Nc1cccc(-n2cc(C#N)c(=O)c3cnc(Nc4ccc(N5CCN(CCO)CC5)c(F)c4F)nc32)c1. The van der Waals surface area contributed by atoms with E-state index >= 15 is 8.78 Å². The number of carbonyl (C=O) groups is 1. The molecule has 0 saturated carbocycles. The van der Waals surface area contributed by atoms with Crippen molar-refractivity contribution in [2.75, 3.05) is 54.9 Å². The highest BCUT2D eigenvalue weighted by molar-refractivity contribution is 5.99. The summed E-state index contributed by atoms with van der Waals surface area (Å²) < 4.78 is 31.8. The third-order valence-electron chi connectivity index (χ3n) is 6.88. The maximum Gasteiger partial charge on any atom is 0.247 e. The fourth-order valence-corrected chi connectivity index (χ4v) is 4.73. The first-order chi connectivity index (χ1) is 20.3. The van der Waals surface area contributed by atoms with E-state index in [-0.39, 0.29) is 40.5 Å². The summed E-state index contributed by atoms with van der Waals surface area (Å²) >= 11 is 0. The van der Waals surface area contributed by atoms with Gasteiger partial charge in [-0.05, 0) is 36.4 Å². The maximum absolute atomic E-state index is 15.2. The van der Waals surface area contributed by atoms with Gasteiger partial charge < -0.3 is 20.6 Å². The largest absolute Gasteiger partial charge is 0.395 e. The summed E-state index contributed by atoms with van der Waals surface area (Å²) in [7, 11) is 0. The van der Waals surface area contributed by atoms with E-state index in [0.29, 0.717) is 44.1 Å². The number of amides is 1. The number of aliphatic hydroxyl groups is 1. The molecule has 0 atom stereocenters. The van der Waals surface area contributed by atoms with Gasteiger partial charge in [0.1, 0.15) is 11.6 Å². The number of β-amino-alcohol motifs (C(OH)–C–C–N with tert-alkyl or cyclic N) is 1. The summed E-state index contributed by atoms with van der Waals surface area (Å²) in [5.74, 6) is -2.67. The molecule has 1 saturated heterocycles. The molecule has 1 amide bonds. The standard InChI is InChI=1S/C29H26F2N8O3/c1-2-24(41)34-19-4-3-5-20(14-19)39-17-18(15-32)27(42)21-16-33-29(36-28(21)39)35-22-6-7-23(26(31)25(22)30)38-10-8-37(9-11-38)12-13-40/h2-7,14,16-17,40H,1,8-13H2,(H,34,41)(H,33,35,36). The Kier molecular flexibility index (Phi) is 8.19. The smallest absolute Gasteiger partial charge is 0.247 e. The number of nitriles is 1. The fraction of sp³-hybridized carbons (Fsp3) is 0.207. The van der Waals surface area contributed by atoms with Gasteiger partial charge in [-0.25, -0.2) is 13.8 Å². The molecule has 0 spiro atoms. The van der Waals surface area contributed by atoms with E-state index in [2.05, 4.69) is 27.2 Å². The van der Waals surface area contributed by atoms with Crippen LogP contribution in [0.15, 0.2) is 66.2 Å². The number of hydrogen-bond donors (Lipinski definition) is 3. The van der Waals surface area contributed by atoms with Crippen molar-refractivity contribution in [3.8, 4) is 11.8 Å². The predicted octanol–water partition coefficient (Wildman–Crippen LogP) is 2.91. The van der Waals surface area contributed by atoms with Crippen molar-refractivity contribution in [1.82, 2.24) is 19.4 Å². The molecule has 13 heteroatoms. The van der Waals surface area contributed by atoms with E-state index in [1.165, 1.54) is 29.1 Å². The Morgan fingerprint density at radius 1 is 1.17 bits per heavy atom. The van der Waals surface area contributed by atoms with E-state index in [4.69, 9.17) is 5.11 Å². The van der Waals surface area contributed by atoms with Crippen LogP contribution in [-0.4, -0.2) is 69.8 Å². The summed E-state index contributed by atoms with van der Waals surface area (Å²) in [5, 5.41) is 24.0. The molecule has 42 heavy (non-hydrogen) atoms. The zero-order chi connectivity index (χ0) is 29.8. The lowest BCUT2D eigenvalue weighted by Gasteiger charge is -2.36. The molecule has 1 fully saturated rings. The third-order valence-corrected chi connectivity index (χ3v) is 6.88. The average Bonchev–Trinajstić information content (AvgIpc) is 3.00. The normalized spacial score (nSPS) is 13.5. The van der Waals surface area contributed by atoms with Crippen LogP contribution >= 0.6 is 0 Å². The summed E-state index contributed by atoms with van der Waals surface area (Å²) in [6.45, 7) is 6.20. The molecule has 0 unspecified atom stereocenters. The van der Waals surface area contributed by atoms with Crippen molar-refractivity contribution in [1.29, 1.82) is 5.26 Å². The molecule has 0 radical (unpaired) electrons. The number of rotatable bonds is 8. The molecule has 3 N–H and O–H groups in total. The number of pyridine rings is 1. The Morgan fingerprint density at radius 2 is 1.95 bits per heavy atom. The van der Waals surface area contributed by atoms with Gasteiger partial charge in [0.2, 0.25) is 17.3 Å². The number of anilines is 4. The Balaban J connectivity index is 1.49. The van der Waals surface area contributed by atoms with Crippen LogP contribution in [0.2, 0.25) is 0 Å². The van der Waals surface area contributed by atoms with Gasteiger partial charge in [-0.1, -0.05) is 12.6 Å². The van der Waals surface area contributed by atoms with Crippen LogP contribution in [0.5, 0.6) is 0 Å². The van der Waals surface area contributed by atoms with Crippen LogP contribution in [0.25, 0.3) is 16.7 Å². The van der Waals surface area contributed by atoms with E-state index < -0.39 is 23.0 Å². The van der Waals surface area contributed by atoms with Gasteiger partial charge in [0, 0.05) is 56.5 Å². The number of nitrogens with one attached hydrogen (secondary N) is 2. The van der Waals surface area contributed by atoms with Crippen LogP contribution in [-0.2, 0) is 4.79 Å². The van der Waals surface area contributed by atoms with Crippen LogP contribution in [0.4, 0.5) is 31.8 Å². The summed E-state index contributed by atoms with van der Waals surface area (Å²) in [6, 6.07) is 11.3. The second-order valence-electron chi connectivity index (χ2n) is 9.47. The van der Waals surface area contributed by atoms with Crippen molar-refractivity contribution < 1.29 is 18.7 Å². The molecule has 4 aromatic rings. The second kappa shape index (κ2) is 12.1. The number of nitrogens with zero attached hydrogens (tertiary/aromatic N) is 6. The Bertz CT molecular complexity index is 1780. The number of halogens is 2. The van der Waals surface area contributed by atoms with Gasteiger partial charge in [0.05, 0.1) is 23.4 Å². The molecule has 0 bridgehead atoms. The van der Waals surface area contributed by atoms with Crippen molar-refractivity contribution >= 4 is 40.0 Å². The highest BCUT2D eigenvalue weighted by Crippen LogP contribution is 2.29. The Hall–Kier alpha value is -5.19. The van der Waals surface area contributed by atoms with Crippen LogP contribution in [0.3, 0.4) is 0 Å². The quantitative estimate of drug-likeness (QED) is 0.272. The van der Waals surface area contributed by atoms with Crippen molar-refractivity contribution in [2.24, 2.45) is 0 Å². The topological polar surface area (TPSA) is 139 Å². The average molecular weight is 573 g/mol. The Labute approximate surface area is 239 Å². The molecular weight excluding hydrogens is 546 g/mol. The molecule has 214 valence electrons. The molecule has 1 aliphatic heterocycles. The van der Waals surface area contributed by atoms with Gasteiger partial charge in [-0.15, -0.1) is 0 Å². The molecule has 1 aliphatic rings. The van der Waals surface area contributed by atoms with E-state index in [1.807, 2.05) is 11.0 Å². The minimum absolute atomic E-state index is 0.0301. The van der Waals surface area contributed by atoms with Crippen molar-refractivity contribution in [2.45, 2.75) is 0 Å². The lowest BCUT2D eigenvalue weighted by molar-refractivity contribution is -0.111. The number of fused-ring (bicyclic) bond motifs is 1. The van der Waals surface area contributed by atoms with Gasteiger partial charge in [-0.2, -0.15) is 10.2 Å². The Morgan fingerprint density at radius 3 is 2.67 bits per heavy atom.